The average molecular weight is 1100 g/mol. The maximum Gasteiger partial charge on any atom is 0.135 e. The second-order valence-corrected chi connectivity index (χ2v) is 21.5. The van der Waals surface area contributed by atoms with E-state index in [1.165, 1.54) is 28.0 Å². The zero-order chi connectivity index (χ0) is 48.3. The van der Waals surface area contributed by atoms with Gasteiger partial charge in [0.25, 0.3) is 0 Å². The summed E-state index contributed by atoms with van der Waals surface area (Å²) in [5.74, 6) is 2.02. The summed E-state index contributed by atoms with van der Waals surface area (Å²) in [6, 6.07) is 70.3. The molecule has 1 aliphatic rings. The number of anilines is 2. The van der Waals surface area contributed by atoms with Crippen molar-refractivity contribution < 1.29 is 25.8 Å². The Balaban J connectivity index is 0.00000608. The van der Waals surface area contributed by atoms with Crippen molar-refractivity contribution in [2.75, 3.05) is 9.80 Å². The maximum atomic E-state index is 7.03. The van der Waals surface area contributed by atoms with E-state index < -0.39 is 10.8 Å². The van der Waals surface area contributed by atoms with Gasteiger partial charge in [0.15, 0.2) is 0 Å². The molecule has 9 aromatic rings. The van der Waals surface area contributed by atoms with Crippen LogP contribution < -0.4 is 14.5 Å². The summed E-state index contributed by atoms with van der Waals surface area (Å²) in [7, 11) is 0. The second-order valence-electron chi connectivity index (χ2n) is 21.5. The molecule has 0 fully saturated rings. The number of rotatable bonds is 10. The molecule has 10 rings (SSSR count). The number of allylic oxidation sites excluding steroid dienone is 2. The Kier molecular flexibility index (Phi) is 12.8. The molecule has 2 aromatic heterocycles. The van der Waals surface area contributed by atoms with Gasteiger partial charge in [-0.2, -0.15) is 6.07 Å². The molecule has 1 aliphatic heterocycles. The second kappa shape index (κ2) is 18.6. The first-order valence-electron chi connectivity index (χ1n) is 24.1. The van der Waals surface area contributed by atoms with Crippen LogP contribution >= 0.6 is 0 Å². The van der Waals surface area contributed by atoms with E-state index in [1.54, 1.807) is 0 Å². The molecule has 0 bridgehead atoms. The SMILES string of the molecule is CC(C)(C)c1cccc(N2[CH-]N(c3[c-]c(Oc4[c-]c5c(cc4)c4ccccc4n5-c4cc(C(C)(C)C)ccn4)cc(-c4ccccc4)c3)C(C(C)(C)c3ccccc3)=C2C(C)(C)c2ccccc2)c1.[Pt]. The number of benzene rings is 7. The van der Waals surface area contributed by atoms with Gasteiger partial charge in [-0.05, 0) is 74.4 Å². The summed E-state index contributed by atoms with van der Waals surface area (Å²) in [6.07, 6.45) is 1.91. The van der Waals surface area contributed by atoms with Crippen LogP contribution in [-0.2, 0) is 42.7 Å². The third-order valence-electron chi connectivity index (χ3n) is 13.9. The molecular weight excluding hydrogens is 1040 g/mol. The van der Waals surface area contributed by atoms with Gasteiger partial charge in [-0.25, -0.2) is 4.98 Å². The van der Waals surface area contributed by atoms with Crippen molar-refractivity contribution >= 4 is 33.2 Å². The monoisotopic (exact) mass is 1100 g/mol. The molecule has 0 saturated carbocycles. The van der Waals surface area contributed by atoms with Crippen LogP contribution in [0.2, 0.25) is 0 Å². The van der Waals surface area contributed by atoms with Crippen LogP contribution in [-0.4, -0.2) is 9.55 Å². The topological polar surface area (TPSA) is 33.5 Å². The quantitative estimate of drug-likeness (QED) is 0.128. The van der Waals surface area contributed by atoms with Crippen LogP contribution in [0.15, 0.2) is 194 Å². The summed E-state index contributed by atoms with van der Waals surface area (Å²) >= 11 is 0. The molecule has 0 spiro atoms. The van der Waals surface area contributed by atoms with E-state index in [9.17, 15) is 0 Å². The minimum atomic E-state index is -0.488. The number of fused-ring (bicyclic) bond motifs is 3. The Labute approximate surface area is 429 Å². The zero-order valence-electron chi connectivity index (χ0n) is 41.9. The summed E-state index contributed by atoms with van der Waals surface area (Å²) in [4.78, 5) is 9.72. The molecule has 0 radical (unpaired) electrons. The van der Waals surface area contributed by atoms with Gasteiger partial charge < -0.3 is 19.1 Å². The van der Waals surface area contributed by atoms with Crippen LogP contribution in [0.25, 0.3) is 38.8 Å². The van der Waals surface area contributed by atoms with Gasteiger partial charge in [0.2, 0.25) is 0 Å². The summed E-state index contributed by atoms with van der Waals surface area (Å²) in [6.45, 7) is 25.2. The van der Waals surface area contributed by atoms with Crippen molar-refractivity contribution in [3.8, 4) is 28.4 Å². The molecule has 70 heavy (non-hydrogen) atoms. The molecule has 0 saturated heterocycles. The summed E-state index contributed by atoms with van der Waals surface area (Å²) in [5.41, 5.74) is 12.2. The Hall–Kier alpha value is -6.68. The predicted octanol–water partition coefficient (Wildman–Crippen LogP) is 16.4. The van der Waals surface area contributed by atoms with Gasteiger partial charge >= 0.3 is 0 Å². The van der Waals surface area contributed by atoms with Crippen molar-refractivity contribution in [3.63, 3.8) is 0 Å². The molecule has 7 aromatic carbocycles. The molecular formula is C64H61N4OPt-3. The Bertz CT molecular complexity index is 3360. The number of hydrogen-bond acceptors (Lipinski definition) is 4. The van der Waals surface area contributed by atoms with Crippen molar-refractivity contribution in [2.24, 2.45) is 0 Å². The first kappa shape index (κ1) is 48.3. The minimum Gasteiger partial charge on any atom is -0.509 e. The van der Waals surface area contributed by atoms with E-state index in [1.807, 2.05) is 12.3 Å². The number of hydrogen-bond donors (Lipinski definition) is 0. The molecule has 0 unspecified atom stereocenters. The maximum absolute atomic E-state index is 7.03. The number of nitrogens with zero attached hydrogens (tertiary/aromatic N) is 4. The largest absolute Gasteiger partial charge is 0.509 e. The van der Waals surface area contributed by atoms with Crippen LogP contribution in [0, 0.1) is 18.8 Å². The van der Waals surface area contributed by atoms with Crippen molar-refractivity contribution in [2.45, 2.75) is 90.9 Å². The number of ether oxygens (including phenoxy) is 1. The zero-order valence-corrected chi connectivity index (χ0v) is 44.2. The van der Waals surface area contributed by atoms with E-state index in [0.29, 0.717) is 11.5 Å². The van der Waals surface area contributed by atoms with E-state index in [2.05, 4.69) is 272 Å². The van der Waals surface area contributed by atoms with Crippen LogP contribution in [0.1, 0.15) is 91.5 Å². The van der Waals surface area contributed by atoms with Gasteiger partial charge in [0, 0.05) is 72.2 Å². The fourth-order valence-electron chi connectivity index (χ4n) is 9.95. The van der Waals surface area contributed by atoms with E-state index in [4.69, 9.17) is 9.72 Å². The van der Waals surface area contributed by atoms with Crippen molar-refractivity contribution in [1.82, 2.24) is 9.55 Å². The Morgan fingerprint density at radius 3 is 1.69 bits per heavy atom. The molecule has 0 N–H and O–H groups in total. The molecule has 3 heterocycles. The van der Waals surface area contributed by atoms with Gasteiger partial charge in [0.1, 0.15) is 5.82 Å². The van der Waals surface area contributed by atoms with Gasteiger partial charge in [-0.1, -0.05) is 196 Å². The standard InChI is InChI=1S/C64H61N4O.Pt/c1-61(2,3)48-29-22-30-50(39-48)66-43-67(60(64(9,10)47-27-18-13-19-28-47)59(66)63(7,8)46-25-16-12-17-26-46)51-37-45(44-23-14-11-15-24-44)38-53(41-51)69-52-33-34-55-54-31-20-21-32-56(54)68(57(55)42-52)58-40-49(35-36-65-58)62(4,5)6;/h11-40,43H,1-10H3;/q-3;. The Morgan fingerprint density at radius 2 is 1.04 bits per heavy atom. The number of aromatic nitrogens is 2. The molecule has 0 atom stereocenters. The van der Waals surface area contributed by atoms with E-state index in [0.717, 1.165) is 55.8 Å². The fraction of sp³-hybridized carbons (Fsp3) is 0.219. The normalized spacial score (nSPS) is 13.6. The third kappa shape index (κ3) is 9.01. The number of para-hydroxylation sites is 1. The molecule has 0 aliphatic carbocycles. The van der Waals surface area contributed by atoms with Crippen LogP contribution in [0.4, 0.5) is 11.4 Å². The minimum absolute atomic E-state index is 0. The van der Waals surface area contributed by atoms with Gasteiger partial charge in [0.05, 0.1) is 0 Å². The summed E-state index contributed by atoms with van der Waals surface area (Å²) < 4.78 is 9.24. The van der Waals surface area contributed by atoms with Crippen molar-refractivity contribution in [1.29, 1.82) is 0 Å². The molecule has 0 amide bonds. The van der Waals surface area contributed by atoms with Crippen LogP contribution in [0.3, 0.4) is 0 Å². The molecule has 5 nitrogen and oxygen atoms in total. The molecule has 356 valence electrons. The van der Waals surface area contributed by atoms with Crippen LogP contribution in [0.5, 0.6) is 11.5 Å². The van der Waals surface area contributed by atoms with Crippen molar-refractivity contribution in [3.05, 3.63) is 235 Å². The fourth-order valence-corrected chi connectivity index (χ4v) is 9.95. The van der Waals surface area contributed by atoms with E-state index >= 15 is 0 Å². The average Bonchev–Trinajstić information content (AvgIpc) is 3.93. The van der Waals surface area contributed by atoms with E-state index in [-0.39, 0.29) is 31.9 Å². The smallest absolute Gasteiger partial charge is 0.135 e. The third-order valence-corrected chi connectivity index (χ3v) is 13.9. The van der Waals surface area contributed by atoms with Gasteiger partial charge in [-0.3, -0.25) is 0 Å². The summed E-state index contributed by atoms with van der Waals surface area (Å²) in [5, 5.41) is 2.22. The Morgan fingerprint density at radius 1 is 0.471 bits per heavy atom. The first-order valence-corrected chi connectivity index (χ1v) is 24.1. The predicted molar refractivity (Wildman–Crippen MR) is 287 cm³/mol. The first-order chi connectivity index (χ1) is 33.0. The number of pyridine rings is 1. The molecule has 6 heteroatoms. The van der Waals surface area contributed by atoms with Gasteiger partial charge in [-0.15, -0.1) is 53.6 Å².